The maximum atomic E-state index is 16.8. The fourth-order valence-corrected chi connectivity index (χ4v) is 6.86. The lowest BCUT2D eigenvalue weighted by atomic mass is 9.59. The highest BCUT2D eigenvalue weighted by Gasteiger charge is 2.46. The van der Waals surface area contributed by atoms with Gasteiger partial charge in [0.15, 0.2) is 6.17 Å². The van der Waals surface area contributed by atoms with E-state index in [2.05, 4.69) is 4.98 Å². The Kier molecular flexibility index (Phi) is 6.29. The monoisotopic (exact) mass is 528 g/mol. The third kappa shape index (κ3) is 4.31. The third-order valence-corrected chi connectivity index (χ3v) is 8.81. The third-order valence-electron chi connectivity index (χ3n) is 8.81. The Morgan fingerprint density at radius 1 is 1.00 bits per heavy atom. The number of aliphatic hydroxyl groups is 1. The molecule has 0 saturated heterocycles. The van der Waals surface area contributed by atoms with Crippen LogP contribution in [0.5, 0.6) is 0 Å². The standard InChI is InChI=1S/C30H29F5N2O/c31-19-10-8-17(9-11-19)23-24-21(15-29(12-4-13-29)16-22(24)38)37-27(18-5-1-2-6-18)25(23)26(32)28-20(30(33,34)35)7-3-14-36-28/h3,7-11,14,18,22,26,38H,1-2,4-6,12-13,15-16H2. The molecule has 0 radical (unpaired) electrons. The van der Waals surface area contributed by atoms with E-state index in [1.165, 1.54) is 24.3 Å². The van der Waals surface area contributed by atoms with Crippen molar-refractivity contribution in [3.05, 3.63) is 82.2 Å². The van der Waals surface area contributed by atoms with E-state index in [1.807, 2.05) is 0 Å². The highest BCUT2D eigenvalue weighted by molar-refractivity contribution is 5.75. The van der Waals surface area contributed by atoms with Crippen molar-refractivity contribution in [1.29, 1.82) is 0 Å². The molecule has 0 amide bonds. The van der Waals surface area contributed by atoms with Gasteiger partial charge in [-0.2, -0.15) is 13.2 Å². The summed E-state index contributed by atoms with van der Waals surface area (Å²) in [5.74, 6) is -0.591. The second kappa shape index (κ2) is 9.40. The van der Waals surface area contributed by atoms with Gasteiger partial charge < -0.3 is 5.11 Å². The van der Waals surface area contributed by atoms with E-state index in [1.54, 1.807) is 0 Å². The quantitative estimate of drug-likeness (QED) is 0.348. The fourth-order valence-electron chi connectivity index (χ4n) is 6.86. The van der Waals surface area contributed by atoms with Gasteiger partial charge >= 0.3 is 6.18 Å². The second-order valence-electron chi connectivity index (χ2n) is 11.2. The number of aliphatic hydroxyl groups excluding tert-OH is 1. The number of alkyl halides is 4. The molecule has 38 heavy (non-hydrogen) atoms. The molecule has 1 N–H and O–H groups in total. The van der Waals surface area contributed by atoms with Gasteiger partial charge in [0.25, 0.3) is 0 Å². The summed E-state index contributed by atoms with van der Waals surface area (Å²) in [5, 5.41) is 11.4. The van der Waals surface area contributed by atoms with E-state index in [-0.39, 0.29) is 16.9 Å². The van der Waals surface area contributed by atoms with E-state index >= 15 is 4.39 Å². The van der Waals surface area contributed by atoms with Crippen molar-refractivity contribution in [2.24, 2.45) is 5.41 Å². The molecular weight excluding hydrogens is 499 g/mol. The first kappa shape index (κ1) is 25.4. The van der Waals surface area contributed by atoms with Crippen molar-refractivity contribution >= 4 is 0 Å². The molecule has 3 aromatic rings. The molecule has 2 fully saturated rings. The van der Waals surface area contributed by atoms with E-state index in [0.29, 0.717) is 40.9 Å². The SMILES string of the molecule is OC1CC2(CCC2)Cc2nc(C3CCCC3)c(C(F)c3ncccc3C(F)(F)F)c(-c3ccc(F)cc3)c21. The molecule has 0 bridgehead atoms. The van der Waals surface area contributed by atoms with E-state index in [0.717, 1.165) is 63.3 Å². The van der Waals surface area contributed by atoms with Gasteiger partial charge in [-0.25, -0.2) is 8.78 Å². The number of benzene rings is 1. The maximum Gasteiger partial charge on any atom is 0.418 e. The number of halogens is 5. The van der Waals surface area contributed by atoms with Crippen LogP contribution in [0.1, 0.15) is 103 Å². The topological polar surface area (TPSA) is 46.0 Å². The number of nitrogens with zero attached hydrogens (tertiary/aromatic N) is 2. The average Bonchev–Trinajstić information content (AvgIpc) is 3.41. The van der Waals surface area contributed by atoms with Crippen LogP contribution in [0.3, 0.4) is 0 Å². The highest BCUT2D eigenvalue weighted by atomic mass is 19.4. The van der Waals surface area contributed by atoms with Crippen LogP contribution >= 0.6 is 0 Å². The number of aromatic nitrogens is 2. The largest absolute Gasteiger partial charge is 0.418 e. The zero-order valence-corrected chi connectivity index (χ0v) is 20.9. The Morgan fingerprint density at radius 2 is 1.71 bits per heavy atom. The van der Waals surface area contributed by atoms with Gasteiger partial charge in [0.05, 0.1) is 23.1 Å². The lowest BCUT2D eigenvalue weighted by Crippen LogP contribution is -2.38. The van der Waals surface area contributed by atoms with Crippen LogP contribution in [-0.4, -0.2) is 15.1 Å². The molecule has 8 heteroatoms. The molecular formula is C30H29F5N2O. The van der Waals surface area contributed by atoms with Crippen molar-refractivity contribution in [3.8, 4) is 11.1 Å². The normalized spacial score (nSPS) is 21.8. The zero-order chi connectivity index (χ0) is 26.7. The Morgan fingerprint density at radius 3 is 2.34 bits per heavy atom. The Balaban J connectivity index is 1.65. The van der Waals surface area contributed by atoms with Crippen LogP contribution in [0.2, 0.25) is 0 Å². The predicted octanol–water partition coefficient (Wildman–Crippen LogP) is 8.17. The maximum absolute atomic E-state index is 16.8. The lowest BCUT2D eigenvalue weighted by molar-refractivity contribution is -0.139. The Bertz CT molecular complexity index is 1340. The first-order valence-electron chi connectivity index (χ1n) is 13.3. The molecule has 200 valence electrons. The molecule has 0 aliphatic heterocycles. The van der Waals surface area contributed by atoms with Crippen molar-refractivity contribution in [1.82, 2.24) is 9.97 Å². The molecule has 3 aliphatic carbocycles. The first-order valence-corrected chi connectivity index (χ1v) is 13.3. The Labute approximate surface area is 218 Å². The fraction of sp³-hybridized carbons (Fsp3) is 0.467. The minimum Gasteiger partial charge on any atom is -0.388 e. The lowest BCUT2D eigenvalue weighted by Gasteiger charge is -2.47. The highest BCUT2D eigenvalue weighted by Crippen LogP contribution is 2.56. The van der Waals surface area contributed by atoms with E-state index < -0.39 is 35.5 Å². The molecule has 1 spiro atoms. The van der Waals surface area contributed by atoms with Gasteiger partial charge in [-0.05, 0) is 79.3 Å². The predicted molar refractivity (Wildman–Crippen MR) is 133 cm³/mol. The van der Waals surface area contributed by atoms with Gasteiger partial charge in [-0.3, -0.25) is 9.97 Å². The van der Waals surface area contributed by atoms with Crippen LogP contribution in [0.25, 0.3) is 11.1 Å². The average molecular weight is 529 g/mol. The second-order valence-corrected chi connectivity index (χ2v) is 11.2. The smallest absolute Gasteiger partial charge is 0.388 e. The molecule has 2 atom stereocenters. The van der Waals surface area contributed by atoms with E-state index in [4.69, 9.17) is 4.98 Å². The van der Waals surface area contributed by atoms with Gasteiger partial charge in [0.2, 0.25) is 0 Å². The molecule has 3 nitrogen and oxygen atoms in total. The minimum atomic E-state index is -4.80. The molecule has 2 heterocycles. The molecule has 6 rings (SSSR count). The molecule has 2 unspecified atom stereocenters. The molecule has 3 aliphatic rings. The van der Waals surface area contributed by atoms with Crippen molar-refractivity contribution in [2.45, 2.75) is 82.2 Å². The molecule has 2 saturated carbocycles. The summed E-state index contributed by atoms with van der Waals surface area (Å²) in [6.07, 6.45) is 0.729. The zero-order valence-electron chi connectivity index (χ0n) is 20.9. The summed E-state index contributed by atoms with van der Waals surface area (Å²) in [6.45, 7) is 0. The van der Waals surface area contributed by atoms with Gasteiger partial charge in [-0.15, -0.1) is 0 Å². The van der Waals surface area contributed by atoms with Crippen LogP contribution in [0.4, 0.5) is 22.0 Å². The number of rotatable bonds is 4. The van der Waals surface area contributed by atoms with Crippen LogP contribution in [-0.2, 0) is 12.6 Å². The summed E-state index contributed by atoms with van der Waals surface area (Å²) in [7, 11) is 0. The summed E-state index contributed by atoms with van der Waals surface area (Å²) in [4.78, 5) is 8.85. The van der Waals surface area contributed by atoms with Crippen LogP contribution in [0.15, 0.2) is 42.6 Å². The van der Waals surface area contributed by atoms with Crippen molar-refractivity contribution in [3.63, 3.8) is 0 Å². The first-order chi connectivity index (χ1) is 18.2. The summed E-state index contributed by atoms with van der Waals surface area (Å²) in [6, 6.07) is 7.48. The summed E-state index contributed by atoms with van der Waals surface area (Å²) < 4.78 is 72.6. The summed E-state index contributed by atoms with van der Waals surface area (Å²) >= 11 is 0. The number of pyridine rings is 2. The van der Waals surface area contributed by atoms with Crippen molar-refractivity contribution in [2.75, 3.05) is 0 Å². The number of fused-ring (bicyclic) bond motifs is 1. The van der Waals surface area contributed by atoms with E-state index in [9.17, 15) is 22.7 Å². The van der Waals surface area contributed by atoms with Crippen molar-refractivity contribution < 1.29 is 27.1 Å². The number of hydrogen-bond donors (Lipinski definition) is 1. The number of hydrogen-bond acceptors (Lipinski definition) is 3. The van der Waals surface area contributed by atoms with Gasteiger partial charge in [0, 0.05) is 28.9 Å². The van der Waals surface area contributed by atoms with Crippen LogP contribution < -0.4 is 0 Å². The summed E-state index contributed by atoms with van der Waals surface area (Å²) in [5.41, 5.74) is 0.515. The molecule has 1 aromatic carbocycles. The minimum absolute atomic E-state index is 0.0232. The Hall–Kier alpha value is -2.87. The van der Waals surface area contributed by atoms with Gasteiger partial charge in [0.1, 0.15) is 5.82 Å². The van der Waals surface area contributed by atoms with Crippen LogP contribution in [0, 0.1) is 11.2 Å². The molecule has 2 aromatic heterocycles. The van der Waals surface area contributed by atoms with Gasteiger partial charge in [-0.1, -0.05) is 31.4 Å².